The maximum absolute atomic E-state index is 11.1. The number of carboxylic acid groups (broad SMARTS) is 1. The van der Waals surface area contributed by atoms with Gasteiger partial charge in [0.15, 0.2) is 6.10 Å². The third-order valence-electron chi connectivity index (χ3n) is 4.11. The van der Waals surface area contributed by atoms with Crippen molar-refractivity contribution in [3.8, 4) is 11.5 Å². The van der Waals surface area contributed by atoms with Crippen molar-refractivity contribution in [2.75, 3.05) is 0 Å². The van der Waals surface area contributed by atoms with Gasteiger partial charge in [-0.15, -0.1) is 0 Å². The van der Waals surface area contributed by atoms with Crippen molar-refractivity contribution in [3.05, 3.63) is 60.0 Å². The zero-order valence-corrected chi connectivity index (χ0v) is 12.9. The number of aromatic nitrogens is 2. The van der Waals surface area contributed by atoms with Gasteiger partial charge < -0.3 is 19.0 Å². The summed E-state index contributed by atoms with van der Waals surface area (Å²) in [7, 11) is 0. The van der Waals surface area contributed by atoms with E-state index in [-0.39, 0.29) is 0 Å². The Balaban J connectivity index is 1.49. The molecule has 0 bridgehead atoms. The third-order valence-corrected chi connectivity index (χ3v) is 4.11. The van der Waals surface area contributed by atoms with Crippen molar-refractivity contribution >= 4 is 11.6 Å². The Hall–Kier alpha value is -3.02. The van der Waals surface area contributed by atoms with Gasteiger partial charge in [0.1, 0.15) is 23.8 Å². The highest BCUT2D eigenvalue weighted by molar-refractivity contribution is 5.73. The van der Waals surface area contributed by atoms with E-state index >= 15 is 0 Å². The van der Waals surface area contributed by atoms with Gasteiger partial charge in [-0.05, 0) is 30.5 Å². The fourth-order valence-corrected chi connectivity index (χ4v) is 2.83. The highest BCUT2D eigenvalue weighted by Gasteiger charge is 2.25. The highest BCUT2D eigenvalue weighted by atomic mass is 16.5. The van der Waals surface area contributed by atoms with Crippen molar-refractivity contribution < 1.29 is 19.4 Å². The molecule has 0 fully saturated rings. The fourth-order valence-electron chi connectivity index (χ4n) is 2.83. The molecule has 24 heavy (non-hydrogen) atoms. The number of rotatable bonds is 4. The fraction of sp³-hybridized carbons (Fsp3) is 0.222. The quantitative estimate of drug-likeness (QED) is 0.799. The summed E-state index contributed by atoms with van der Waals surface area (Å²) in [5, 5.41) is 9.09. The number of pyridine rings is 1. The van der Waals surface area contributed by atoms with E-state index in [2.05, 4.69) is 4.98 Å². The first-order valence-corrected chi connectivity index (χ1v) is 7.76. The zero-order chi connectivity index (χ0) is 16.5. The number of carbonyl (C=O) groups is 1. The molecule has 1 aliphatic heterocycles. The van der Waals surface area contributed by atoms with Gasteiger partial charge >= 0.3 is 5.97 Å². The van der Waals surface area contributed by atoms with Crippen LogP contribution in [0.1, 0.15) is 17.5 Å². The number of carboxylic acids is 1. The zero-order valence-electron chi connectivity index (χ0n) is 12.9. The van der Waals surface area contributed by atoms with Crippen LogP contribution in [0.3, 0.4) is 0 Å². The van der Waals surface area contributed by atoms with E-state index in [1.54, 1.807) is 12.3 Å². The molecule has 0 saturated carbocycles. The maximum Gasteiger partial charge on any atom is 0.344 e. The molecule has 0 saturated heterocycles. The number of benzene rings is 1. The van der Waals surface area contributed by atoms with Crippen LogP contribution in [0.2, 0.25) is 0 Å². The molecule has 3 heterocycles. The lowest BCUT2D eigenvalue weighted by Gasteiger charge is -2.23. The Morgan fingerprint density at radius 3 is 3.17 bits per heavy atom. The van der Waals surface area contributed by atoms with Crippen LogP contribution in [0.5, 0.6) is 11.5 Å². The Morgan fingerprint density at radius 2 is 2.29 bits per heavy atom. The van der Waals surface area contributed by atoms with Crippen LogP contribution in [0.15, 0.2) is 48.9 Å². The largest absolute Gasteiger partial charge is 0.489 e. The van der Waals surface area contributed by atoms with E-state index in [0.717, 1.165) is 16.8 Å². The summed E-state index contributed by atoms with van der Waals surface area (Å²) in [6, 6.07) is 9.49. The second-order valence-electron chi connectivity index (χ2n) is 5.77. The summed E-state index contributed by atoms with van der Waals surface area (Å²) in [5.74, 6) is 0.322. The minimum absolute atomic E-state index is 0.412. The molecule has 1 atom stereocenters. The smallest absolute Gasteiger partial charge is 0.344 e. The molecule has 1 N–H and O–H groups in total. The van der Waals surface area contributed by atoms with Gasteiger partial charge in [0.05, 0.1) is 0 Å². The summed E-state index contributed by atoms with van der Waals surface area (Å²) in [6.07, 6.45) is 6.02. The van der Waals surface area contributed by atoms with E-state index in [0.29, 0.717) is 30.9 Å². The first kappa shape index (κ1) is 14.6. The van der Waals surface area contributed by atoms with Gasteiger partial charge in [0.2, 0.25) is 0 Å². The van der Waals surface area contributed by atoms with Gasteiger partial charge in [-0.3, -0.25) is 0 Å². The van der Waals surface area contributed by atoms with Crippen LogP contribution in [0.25, 0.3) is 5.65 Å². The van der Waals surface area contributed by atoms with Gasteiger partial charge in [0.25, 0.3) is 0 Å². The van der Waals surface area contributed by atoms with Crippen molar-refractivity contribution in [3.63, 3.8) is 0 Å². The van der Waals surface area contributed by atoms with Crippen LogP contribution in [0.4, 0.5) is 0 Å². The molecule has 0 aliphatic carbocycles. The molecular formula is C18H16N2O4. The van der Waals surface area contributed by atoms with E-state index in [9.17, 15) is 4.79 Å². The van der Waals surface area contributed by atoms with Crippen LogP contribution in [0, 0.1) is 0 Å². The van der Waals surface area contributed by atoms with Crippen LogP contribution in [-0.4, -0.2) is 26.6 Å². The lowest BCUT2D eigenvalue weighted by atomic mass is 10.0. The second-order valence-corrected chi connectivity index (χ2v) is 5.77. The van der Waals surface area contributed by atoms with Crippen molar-refractivity contribution in [1.29, 1.82) is 0 Å². The molecule has 0 spiro atoms. The number of hydrogen-bond donors (Lipinski definition) is 1. The Bertz CT molecular complexity index is 903. The summed E-state index contributed by atoms with van der Waals surface area (Å²) < 4.78 is 13.3. The Kier molecular flexibility index (Phi) is 3.57. The minimum Gasteiger partial charge on any atom is -0.489 e. The highest BCUT2D eigenvalue weighted by Crippen LogP contribution is 2.31. The van der Waals surface area contributed by atoms with E-state index in [1.165, 1.54) is 0 Å². The molecule has 0 unspecified atom stereocenters. The van der Waals surface area contributed by atoms with Crippen LogP contribution >= 0.6 is 0 Å². The van der Waals surface area contributed by atoms with Crippen LogP contribution in [-0.2, 0) is 17.8 Å². The number of fused-ring (bicyclic) bond motifs is 2. The number of aliphatic carboxylic acids is 1. The lowest BCUT2D eigenvalue weighted by Crippen LogP contribution is -2.30. The number of nitrogens with zero attached hydrogens (tertiary/aromatic N) is 2. The molecule has 1 aliphatic rings. The predicted molar refractivity (Wildman–Crippen MR) is 86.3 cm³/mol. The van der Waals surface area contributed by atoms with Crippen LogP contribution < -0.4 is 9.47 Å². The van der Waals surface area contributed by atoms with E-state index < -0.39 is 12.1 Å². The summed E-state index contributed by atoms with van der Waals surface area (Å²) >= 11 is 0. The molecule has 6 nitrogen and oxygen atoms in total. The number of imidazole rings is 1. The normalized spacial score (nSPS) is 16.4. The molecule has 4 rings (SSSR count). The SMILES string of the molecule is O=C(O)[C@H]1CCc2ccc(OCc3ccc4nccn4c3)cc2O1. The molecule has 0 amide bonds. The predicted octanol–water partition coefficient (Wildman–Crippen LogP) is 2.69. The average molecular weight is 324 g/mol. The van der Waals surface area contributed by atoms with E-state index in [4.69, 9.17) is 14.6 Å². The first-order valence-electron chi connectivity index (χ1n) is 7.76. The molecule has 122 valence electrons. The molecular weight excluding hydrogens is 308 g/mol. The van der Waals surface area contributed by atoms with Gasteiger partial charge in [0, 0.05) is 30.2 Å². The second kappa shape index (κ2) is 5.88. The molecule has 1 aromatic carbocycles. The summed E-state index contributed by atoms with van der Waals surface area (Å²) in [6.45, 7) is 0.412. The third kappa shape index (κ3) is 2.78. The number of ether oxygens (including phenoxy) is 2. The lowest BCUT2D eigenvalue weighted by molar-refractivity contribution is -0.145. The van der Waals surface area contributed by atoms with Gasteiger partial charge in [-0.25, -0.2) is 9.78 Å². The van der Waals surface area contributed by atoms with Crippen molar-refractivity contribution in [2.45, 2.75) is 25.6 Å². The Morgan fingerprint density at radius 1 is 1.38 bits per heavy atom. The molecule has 3 aromatic rings. The molecule has 6 heteroatoms. The molecule has 2 aromatic heterocycles. The standard InChI is InChI=1S/C18H16N2O4/c21-18(22)15-5-3-13-2-4-14(9-16(13)24-15)23-11-12-1-6-17-19-7-8-20(17)10-12/h1-2,4,6-10,15H,3,5,11H2,(H,21,22)/t15-/m1/s1. The molecule has 0 radical (unpaired) electrons. The topological polar surface area (TPSA) is 73.1 Å². The summed E-state index contributed by atoms with van der Waals surface area (Å²) in [5.41, 5.74) is 2.92. The van der Waals surface area contributed by atoms with E-state index in [1.807, 2.05) is 41.1 Å². The van der Waals surface area contributed by atoms with Crippen molar-refractivity contribution in [2.24, 2.45) is 0 Å². The monoisotopic (exact) mass is 324 g/mol. The average Bonchev–Trinajstić information content (AvgIpc) is 3.07. The maximum atomic E-state index is 11.1. The minimum atomic E-state index is -0.930. The first-order chi connectivity index (χ1) is 11.7. The Labute approximate surface area is 138 Å². The van der Waals surface area contributed by atoms with Crippen molar-refractivity contribution in [1.82, 2.24) is 9.38 Å². The number of aryl methyl sites for hydroxylation is 1. The summed E-state index contributed by atoms with van der Waals surface area (Å²) in [4.78, 5) is 15.3. The number of hydrogen-bond acceptors (Lipinski definition) is 4. The van der Waals surface area contributed by atoms with Gasteiger partial charge in [-0.2, -0.15) is 0 Å². The van der Waals surface area contributed by atoms with Gasteiger partial charge in [-0.1, -0.05) is 12.1 Å².